The maximum Gasteiger partial charge on any atom is 0.263 e. The van der Waals surface area contributed by atoms with Crippen molar-refractivity contribution >= 4 is 43.5 Å². The first-order valence-electron chi connectivity index (χ1n) is 9.36. The smallest absolute Gasteiger partial charge is 0.263 e. The Kier molecular flexibility index (Phi) is 8.46. The molecule has 1 heterocycles. The molecule has 1 N–H and O–H groups in total. The molecule has 28 heavy (non-hydrogen) atoms. The molecule has 2 aromatic rings. The summed E-state index contributed by atoms with van der Waals surface area (Å²) in [4.78, 5) is 26.0. The van der Waals surface area contributed by atoms with E-state index in [4.69, 9.17) is 9.15 Å². The first-order valence-corrected chi connectivity index (χ1v) is 10.9. The number of amides is 1. The third-order valence-electron chi connectivity index (χ3n) is 4.46. The second kappa shape index (κ2) is 10.4. The van der Waals surface area contributed by atoms with Gasteiger partial charge in [-0.3, -0.25) is 9.59 Å². The van der Waals surface area contributed by atoms with Gasteiger partial charge in [-0.1, -0.05) is 29.8 Å². The van der Waals surface area contributed by atoms with E-state index in [-0.39, 0.29) is 15.5 Å². The van der Waals surface area contributed by atoms with Crippen LogP contribution in [0.25, 0.3) is 0 Å². The van der Waals surface area contributed by atoms with Crippen LogP contribution in [0.2, 0.25) is 0 Å². The van der Waals surface area contributed by atoms with Gasteiger partial charge in [-0.25, -0.2) is 0 Å². The number of anilines is 1. The van der Waals surface area contributed by atoms with Crippen LogP contribution in [0.15, 0.2) is 30.3 Å². The number of benzene rings is 1. The van der Waals surface area contributed by atoms with E-state index < -0.39 is 5.91 Å². The molecule has 2 rings (SSSR count). The molecule has 0 atom stereocenters. The van der Waals surface area contributed by atoms with Crippen molar-refractivity contribution in [1.29, 1.82) is 0 Å². The summed E-state index contributed by atoms with van der Waals surface area (Å²) in [7, 11) is 0. The zero-order valence-corrected chi connectivity index (χ0v) is 19.8. The van der Waals surface area contributed by atoms with Crippen LogP contribution < -0.4 is 10.7 Å². The largest absolute Gasteiger partial charge is 0.464 e. The summed E-state index contributed by atoms with van der Waals surface area (Å²) in [6.45, 7) is 8.57. The Hall–Kier alpha value is -1.44. The van der Waals surface area contributed by atoms with Crippen LogP contribution in [0.3, 0.4) is 0 Å². The highest BCUT2D eigenvalue weighted by Gasteiger charge is 2.23. The van der Waals surface area contributed by atoms with Gasteiger partial charge in [0.25, 0.3) is 5.91 Å². The lowest BCUT2D eigenvalue weighted by Gasteiger charge is -2.16. The monoisotopic (exact) mass is 513 g/mol. The highest BCUT2D eigenvalue weighted by atomic mass is 79.9. The second-order valence-electron chi connectivity index (χ2n) is 6.31. The molecule has 0 aliphatic rings. The molecule has 1 aromatic heterocycles. The first-order chi connectivity index (χ1) is 13.3. The summed E-state index contributed by atoms with van der Waals surface area (Å²) in [5.41, 5.74) is 2.41. The first kappa shape index (κ1) is 22.8. The molecule has 0 fully saturated rings. The molecule has 0 spiro atoms. The van der Waals surface area contributed by atoms with Crippen molar-refractivity contribution in [2.24, 2.45) is 0 Å². The molecule has 0 saturated heterocycles. The topological polar surface area (TPSA) is 68.5 Å². The molecule has 7 heteroatoms. The molecule has 0 saturated carbocycles. The highest BCUT2D eigenvalue weighted by Crippen LogP contribution is 2.28. The summed E-state index contributed by atoms with van der Waals surface area (Å²) in [5, 5.41) is 2.96. The fraction of sp³-hybridized carbons (Fsp3) is 0.429. The predicted octanol–water partition coefficient (Wildman–Crippen LogP) is 5.43. The van der Waals surface area contributed by atoms with Gasteiger partial charge in [0.2, 0.25) is 5.43 Å². The van der Waals surface area contributed by atoms with Gasteiger partial charge in [0.05, 0.1) is 6.61 Å². The average molecular weight is 515 g/mol. The summed E-state index contributed by atoms with van der Waals surface area (Å²) in [6, 6.07) is 3.97. The molecule has 0 radical (unpaired) electrons. The molecule has 0 aliphatic carbocycles. The lowest BCUT2D eigenvalue weighted by atomic mass is 10.0. The second-order valence-corrected chi connectivity index (χ2v) is 8.02. The maximum absolute atomic E-state index is 13.1. The van der Waals surface area contributed by atoms with E-state index in [9.17, 15) is 9.59 Å². The minimum atomic E-state index is -0.465. The summed E-state index contributed by atoms with van der Waals surface area (Å²) < 4.78 is 12.4. The minimum absolute atomic E-state index is 0.0178. The Balaban J connectivity index is 2.50. The van der Waals surface area contributed by atoms with Crippen molar-refractivity contribution in [3.63, 3.8) is 0 Å². The van der Waals surface area contributed by atoms with Crippen LogP contribution in [0, 0.1) is 6.92 Å². The van der Waals surface area contributed by atoms with E-state index >= 15 is 0 Å². The van der Waals surface area contributed by atoms with Crippen molar-refractivity contribution < 1.29 is 13.9 Å². The SMILES string of the molecule is CCOCCc1oc(C)c(Br)c(=O)c1C(=O)Nc1c(CC)cc(Br)cc1CC. The van der Waals surface area contributed by atoms with Crippen LogP contribution >= 0.6 is 31.9 Å². The van der Waals surface area contributed by atoms with Gasteiger partial charge in [0.1, 0.15) is 21.6 Å². The van der Waals surface area contributed by atoms with Crippen LogP contribution in [-0.2, 0) is 24.0 Å². The van der Waals surface area contributed by atoms with Gasteiger partial charge in [0.15, 0.2) is 0 Å². The molecule has 1 amide bonds. The van der Waals surface area contributed by atoms with Crippen molar-refractivity contribution in [2.75, 3.05) is 18.5 Å². The van der Waals surface area contributed by atoms with Gasteiger partial charge in [-0.05, 0) is 65.9 Å². The summed E-state index contributed by atoms with van der Waals surface area (Å²) in [6.07, 6.45) is 1.86. The number of ether oxygens (including phenoxy) is 1. The number of halogens is 2. The van der Waals surface area contributed by atoms with Crippen LogP contribution in [0.4, 0.5) is 5.69 Å². The zero-order chi connectivity index (χ0) is 20.8. The van der Waals surface area contributed by atoms with Gasteiger partial charge in [0, 0.05) is 23.2 Å². The number of rotatable bonds is 8. The van der Waals surface area contributed by atoms with E-state index in [0.29, 0.717) is 31.2 Å². The molecule has 1 aromatic carbocycles. The number of hydrogen-bond acceptors (Lipinski definition) is 4. The Labute approximate surface area is 182 Å². The predicted molar refractivity (Wildman–Crippen MR) is 118 cm³/mol. The third kappa shape index (κ3) is 5.13. The van der Waals surface area contributed by atoms with E-state index in [1.54, 1.807) is 6.92 Å². The Morgan fingerprint density at radius 2 is 1.75 bits per heavy atom. The average Bonchev–Trinajstić information content (AvgIpc) is 2.67. The van der Waals surface area contributed by atoms with Crippen LogP contribution in [0.5, 0.6) is 0 Å². The quantitative estimate of drug-likeness (QED) is 0.477. The van der Waals surface area contributed by atoms with Crippen LogP contribution in [-0.4, -0.2) is 19.1 Å². The van der Waals surface area contributed by atoms with Gasteiger partial charge in [-0.2, -0.15) is 0 Å². The number of nitrogens with one attached hydrogen (secondary N) is 1. The number of aryl methyl sites for hydroxylation is 3. The Morgan fingerprint density at radius 1 is 1.14 bits per heavy atom. The van der Waals surface area contributed by atoms with Gasteiger partial charge in [-0.15, -0.1) is 0 Å². The molecule has 0 unspecified atom stereocenters. The standard InChI is InChI=1S/C21H25Br2NO4/c1-5-13-10-15(22)11-14(6-2)19(13)24-21(26)17-16(8-9-27-7-3)28-12(4)18(23)20(17)25/h10-11H,5-9H2,1-4H3,(H,24,26). The Bertz CT molecular complexity index is 896. The fourth-order valence-corrected chi connectivity index (χ4v) is 3.84. The minimum Gasteiger partial charge on any atom is -0.464 e. The lowest BCUT2D eigenvalue weighted by Crippen LogP contribution is -2.26. The van der Waals surface area contributed by atoms with Crippen molar-refractivity contribution in [3.8, 4) is 0 Å². The molecule has 152 valence electrons. The zero-order valence-electron chi connectivity index (χ0n) is 16.6. The fourth-order valence-electron chi connectivity index (χ4n) is 3.01. The van der Waals surface area contributed by atoms with Crippen molar-refractivity contribution in [1.82, 2.24) is 0 Å². The maximum atomic E-state index is 13.1. The third-order valence-corrected chi connectivity index (χ3v) is 5.84. The number of hydrogen-bond donors (Lipinski definition) is 1. The number of carbonyl (C=O) groups is 1. The molecule has 0 bridgehead atoms. The van der Waals surface area contributed by atoms with E-state index in [1.165, 1.54) is 0 Å². The van der Waals surface area contributed by atoms with E-state index in [0.717, 1.165) is 34.1 Å². The van der Waals surface area contributed by atoms with Gasteiger partial charge < -0.3 is 14.5 Å². The van der Waals surface area contributed by atoms with Crippen molar-refractivity contribution in [2.45, 2.75) is 47.0 Å². The van der Waals surface area contributed by atoms with Crippen LogP contribution in [0.1, 0.15) is 53.8 Å². The van der Waals surface area contributed by atoms with E-state index in [2.05, 4.69) is 37.2 Å². The molecular weight excluding hydrogens is 490 g/mol. The molecule has 5 nitrogen and oxygen atoms in total. The number of carbonyl (C=O) groups excluding carboxylic acids is 1. The summed E-state index contributed by atoms with van der Waals surface area (Å²) in [5.74, 6) is 0.317. The Morgan fingerprint density at radius 3 is 2.29 bits per heavy atom. The van der Waals surface area contributed by atoms with Crippen molar-refractivity contribution in [3.05, 3.63) is 59.5 Å². The summed E-state index contributed by atoms with van der Waals surface area (Å²) >= 11 is 6.76. The van der Waals surface area contributed by atoms with Gasteiger partial charge >= 0.3 is 0 Å². The van der Waals surface area contributed by atoms with E-state index in [1.807, 2.05) is 32.9 Å². The molecule has 0 aliphatic heterocycles. The molecular formula is C21H25Br2NO4. The highest BCUT2D eigenvalue weighted by molar-refractivity contribution is 9.10. The normalized spacial score (nSPS) is 10.9. The lowest BCUT2D eigenvalue weighted by molar-refractivity contribution is 0.101.